The van der Waals surface area contributed by atoms with Crippen LogP contribution in [0.5, 0.6) is 0 Å². The molecule has 0 bridgehead atoms. The zero-order valence-electron chi connectivity index (χ0n) is 22.5. The molecule has 5 atom stereocenters. The van der Waals surface area contributed by atoms with Crippen LogP contribution in [-0.4, -0.2) is 64.4 Å². The van der Waals surface area contributed by atoms with Crippen LogP contribution in [0.2, 0.25) is 0 Å². The number of aromatic nitrogens is 2. The Labute approximate surface area is 239 Å². The maximum Gasteiger partial charge on any atom is 0.351 e. The van der Waals surface area contributed by atoms with E-state index in [4.69, 9.17) is 18.9 Å². The van der Waals surface area contributed by atoms with Gasteiger partial charge in [0.1, 0.15) is 29.9 Å². The molecule has 0 aliphatic carbocycles. The van der Waals surface area contributed by atoms with Gasteiger partial charge in [-0.1, -0.05) is 42.5 Å². The minimum absolute atomic E-state index is 0.0583. The number of benzene rings is 2. The Morgan fingerprint density at radius 1 is 1.10 bits per heavy atom. The Morgan fingerprint density at radius 3 is 2.62 bits per heavy atom. The number of carboxylic acid groups (broad SMARTS) is 1. The summed E-state index contributed by atoms with van der Waals surface area (Å²) in [5, 5.41) is 14.5. The van der Waals surface area contributed by atoms with E-state index in [0.717, 1.165) is 11.6 Å². The summed E-state index contributed by atoms with van der Waals surface area (Å²) in [6.07, 6.45) is 1.11. The van der Waals surface area contributed by atoms with Crippen molar-refractivity contribution in [3.05, 3.63) is 99.9 Å². The van der Waals surface area contributed by atoms with Crippen molar-refractivity contribution in [2.24, 2.45) is 0 Å². The number of hydrogen-bond donors (Lipinski definition) is 3. The van der Waals surface area contributed by atoms with E-state index in [-0.39, 0.29) is 30.2 Å². The van der Waals surface area contributed by atoms with Gasteiger partial charge in [0.15, 0.2) is 12.5 Å². The molecule has 0 radical (unpaired) electrons. The maximum absolute atomic E-state index is 14.4. The summed E-state index contributed by atoms with van der Waals surface area (Å²) < 4.78 is 39.7. The highest BCUT2D eigenvalue weighted by atomic mass is 19.1. The summed E-state index contributed by atoms with van der Waals surface area (Å²) in [4.78, 5) is 40.2. The van der Waals surface area contributed by atoms with E-state index in [1.807, 2.05) is 36.4 Å². The molecule has 2 aliphatic rings. The molecule has 42 heavy (non-hydrogen) atoms. The lowest BCUT2D eigenvalue weighted by Crippen LogP contribution is -2.35. The van der Waals surface area contributed by atoms with E-state index in [2.05, 4.69) is 15.6 Å². The van der Waals surface area contributed by atoms with Crippen molar-refractivity contribution in [1.82, 2.24) is 14.9 Å². The Balaban J connectivity index is 1.34. The topological polar surface area (TPSA) is 150 Å². The number of ether oxygens (including phenoxy) is 4. The number of carboxylic acids is 1. The van der Waals surface area contributed by atoms with E-state index in [1.54, 1.807) is 13.0 Å². The molecule has 12 nitrogen and oxygen atoms in total. The van der Waals surface area contributed by atoms with Crippen molar-refractivity contribution in [2.45, 2.75) is 44.4 Å². The van der Waals surface area contributed by atoms with Crippen molar-refractivity contribution >= 4 is 23.9 Å². The lowest BCUT2D eigenvalue weighted by molar-refractivity contribution is -0.141. The molecule has 220 valence electrons. The molecule has 0 saturated carbocycles. The number of aromatic carboxylic acids is 1. The number of hydrogen-bond acceptors (Lipinski definition) is 8. The molecule has 3 N–H and O–H groups in total. The number of carbonyl (C=O) groups is 2. The third-order valence-corrected chi connectivity index (χ3v) is 6.67. The summed E-state index contributed by atoms with van der Waals surface area (Å²) in [5.41, 5.74) is -0.0642. The van der Waals surface area contributed by atoms with Crippen LogP contribution in [0.25, 0.3) is 6.08 Å². The molecule has 1 aromatic heterocycles. The van der Waals surface area contributed by atoms with Gasteiger partial charge >= 0.3 is 17.7 Å². The average Bonchev–Trinajstić information content (AvgIpc) is 3.53. The number of nitrogens with one attached hydrogen (secondary N) is 2. The normalized spacial score (nSPS) is 23.1. The second kappa shape index (κ2) is 13.0. The van der Waals surface area contributed by atoms with E-state index >= 15 is 0 Å². The summed E-state index contributed by atoms with van der Waals surface area (Å²) in [6.45, 7) is 1.72. The van der Waals surface area contributed by atoms with Crippen LogP contribution < -0.4 is 16.3 Å². The van der Waals surface area contributed by atoms with Crippen LogP contribution in [0.3, 0.4) is 0 Å². The molecule has 2 fully saturated rings. The highest BCUT2D eigenvalue weighted by molar-refractivity contribution is 5.89. The molecule has 1 unspecified atom stereocenters. The minimum atomic E-state index is -1.28. The molecule has 13 heteroatoms. The highest BCUT2D eigenvalue weighted by Crippen LogP contribution is 2.39. The molecule has 5 rings (SSSR count). The number of rotatable bonds is 10. The molecular weight excluding hydrogens is 551 g/mol. The molecule has 0 spiro atoms. The van der Waals surface area contributed by atoms with Crippen molar-refractivity contribution in [3.63, 3.8) is 0 Å². The van der Waals surface area contributed by atoms with Gasteiger partial charge in [-0.25, -0.2) is 18.8 Å². The van der Waals surface area contributed by atoms with E-state index in [0.29, 0.717) is 6.54 Å². The summed E-state index contributed by atoms with van der Waals surface area (Å²) in [6, 6.07) is 14.3. The molecule has 2 aromatic carbocycles. The first kappa shape index (κ1) is 29.1. The molecule has 2 amide bonds. The number of amides is 2. The fourth-order valence-corrected chi connectivity index (χ4v) is 4.74. The molecule has 2 aliphatic heterocycles. The quantitative estimate of drug-likeness (QED) is 0.329. The van der Waals surface area contributed by atoms with Gasteiger partial charge in [0.05, 0.1) is 18.8 Å². The number of fused-ring (bicyclic) bond motifs is 1. The zero-order valence-corrected chi connectivity index (χ0v) is 22.5. The smallest absolute Gasteiger partial charge is 0.351 e. The number of nitrogens with zero attached hydrogens (tertiary/aromatic N) is 2. The van der Waals surface area contributed by atoms with Gasteiger partial charge in [0, 0.05) is 18.3 Å². The van der Waals surface area contributed by atoms with Crippen LogP contribution in [0.15, 0.2) is 71.7 Å². The van der Waals surface area contributed by atoms with Crippen LogP contribution in [0.4, 0.5) is 15.0 Å². The zero-order chi connectivity index (χ0) is 29.6. The second-order valence-corrected chi connectivity index (χ2v) is 9.48. The van der Waals surface area contributed by atoms with E-state index in [1.165, 1.54) is 29.0 Å². The Morgan fingerprint density at radius 2 is 1.88 bits per heavy atom. The average molecular weight is 581 g/mol. The van der Waals surface area contributed by atoms with Crippen LogP contribution in [-0.2, 0) is 25.6 Å². The first-order valence-electron chi connectivity index (χ1n) is 13.3. The first-order chi connectivity index (χ1) is 20.3. The number of halogens is 1. The molecule has 3 aromatic rings. The predicted octanol–water partition coefficient (Wildman–Crippen LogP) is 3.16. The van der Waals surface area contributed by atoms with Crippen molar-refractivity contribution in [1.29, 1.82) is 0 Å². The van der Waals surface area contributed by atoms with E-state index in [9.17, 15) is 23.9 Å². The van der Waals surface area contributed by atoms with Gasteiger partial charge < -0.3 is 29.4 Å². The number of anilines is 1. The largest absolute Gasteiger partial charge is 0.478 e. The van der Waals surface area contributed by atoms with Crippen LogP contribution >= 0.6 is 0 Å². The van der Waals surface area contributed by atoms with Crippen molar-refractivity contribution < 1.29 is 38.0 Å². The summed E-state index contributed by atoms with van der Waals surface area (Å²) in [7, 11) is 0. The molecule has 2 saturated heterocycles. The lowest BCUT2D eigenvalue weighted by Gasteiger charge is -2.21. The monoisotopic (exact) mass is 580 g/mol. The third kappa shape index (κ3) is 6.55. The van der Waals surface area contributed by atoms with E-state index < -0.39 is 54.3 Å². The minimum Gasteiger partial charge on any atom is -0.478 e. The highest BCUT2D eigenvalue weighted by Gasteiger charge is 2.53. The second-order valence-electron chi connectivity index (χ2n) is 9.48. The number of carbonyl (C=O) groups excluding carboxylic acids is 1. The fraction of sp³-hybridized carbons (Fsp3) is 0.310. The fourth-order valence-electron chi connectivity index (χ4n) is 4.74. The van der Waals surface area contributed by atoms with Gasteiger partial charge in [-0.2, -0.15) is 4.98 Å². The predicted molar refractivity (Wildman–Crippen MR) is 147 cm³/mol. The Kier molecular flexibility index (Phi) is 9.03. The van der Waals surface area contributed by atoms with Gasteiger partial charge in [0.2, 0.25) is 0 Å². The van der Waals surface area contributed by atoms with Gasteiger partial charge in [-0.15, -0.1) is 0 Å². The van der Waals surface area contributed by atoms with Gasteiger partial charge in [-0.3, -0.25) is 9.88 Å². The standard InChI is InChI=1S/C29H29FN4O8/c1-2-31-28(37)32-22-13-14-34(29(38)33-22)26-25-24(41-23(42-25)12-11-17-7-4-3-5-8-17)21(40-26)16-39-15-19-18(27(35)36)9-6-10-20(19)30/h3-14,21,23-26H,2,15-16H2,1H3,(H,35,36)(H2,31,32,33,37,38)/t21-,23+,24?,25+,26-/m1/s1. The molecular formula is C29H29FN4O8. The Bertz CT molecular complexity index is 1510. The van der Waals surface area contributed by atoms with Crippen molar-refractivity contribution in [2.75, 3.05) is 18.5 Å². The third-order valence-electron chi connectivity index (χ3n) is 6.67. The first-order valence-corrected chi connectivity index (χ1v) is 13.3. The van der Waals surface area contributed by atoms with Gasteiger partial charge in [-0.05, 0) is 36.8 Å². The maximum atomic E-state index is 14.4. The van der Waals surface area contributed by atoms with Crippen molar-refractivity contribution in [3.8, 4) is 0 Å². The Hall–Kier alpha value is -4.43. The SMILES string of the molecule is CCNC(=O)Nc1ccn([C@@H]2O[C@H](COCc3c(F)cccc3C(=O)O)C3O[C@H](C=Cc4ccccc4)O[C@@H]32)c(=O)n1. The van der Waals surface area contributed by atoms with Crippen LogP contribution in [0.1, 0.15) is 34.6 Å². The summed E-state index contributed by atoms with van der Waals surface area (Å²) >= 11 is 0. The van der Waals surface area contributed by atoms with Crippen LogP contribution in [0, 0.1) is 5.82 Å². The number of urea groups is 1. The molecule has 3 heterocycles. The lowest BCUT2D eigenvalue weighted by atomic mass is 10.1. The van der Waals surface area contributed by atoms with Gasteiger partial charge in [0.25, 0.3) is 0 Å². The summed E-state index contributed by atoms with van der Waals surface area (Å²) in [5.74, 6) is -1.92.